The number of carbonyl (C=O) groups is 4. The SMILES string of the molecule is CC(=O)N[C@@H](CC(C)C)C(=O)N[C@@H](Cc1ccccc1)C(=O)N[C@@H](CCCN=C(N)N)[13CH]=O. The molecule has 0 aliphatic rings. The Hall–Kier alpha value is -3.43. The molecule has 0 heterocycles. The molecule has 1 aromatic rings. The monoisotopic (exact) mass is 461 g/mol. The van der Waals surface area contributed by atoms with Crippen LogP contribution in [-0.2, 0) is 25.6 Å². The number of hydrogen-bond acceptors (Lipinski definition) is 5. The molecule has 0 aliphatic heterocycles. The molecule has 0 aliphatic carbocycles. The first-order valence-corrected chi connectivity index (χ1v) is 11.0. The molecular weight excluding hydrogens is 425 g/mol. The lowest BCUT2D eigenvalue weighted by molar-refractivity contribution is -0.132. The van der Waals surface area contributed by atoms with Crippen molar-refractivity contribution in [1.82, 2.24) is 16.0 Å². The van der Waals surface area contributed by atoms with Crippen LogP contribution >= 0.6 is 0 Å². The molecule has 1 aromatic carbocycles. The van der Waals surface area contributed by atoms with Crippen LogP contribution in [-0.4, -0.2) is 54.6 Å². The number of carbonyl (C=O) groups excluding carboxylic acids is 4. The molecule has 0 unspecified atom stereocenters. The van der Waals surface area contributed by atoms with Gasteiger partial charge in [-0.3, -0.25) is 19.4 Å². The highest BCUT2D eigenvalue weighted by atomic mass is 16.2. The maximum atomic E-state index is 13.0. The third-order valence-corrected chi connectivity index (χ3v) is 4.78. The summed E-state index contributed by atoms with van der Waals surface area (Å²) >= 11 is 0. The average molecular weight is 462 g/mol. The van der Waals surface area contributed by atoms with Crippen LogP contribution in [0.4, 0.5) is 0 Å². The Morgan fingerprint density at radius 1 is 1.00 bits per heavy atom. The minimum absolute atomic E-state index is 0.0394. The van der Waals surface area contributed by atoms with Crippen LogP contribution in [0.3, 0.4) is 0 Å². The molecule has 0 saturated carbocycles. The Balaban J connectivity index is 2.94. The van der Waals surface area contributed by atoms with Gasteiger partial charge in [0.1, 0.15) is 18.4 Å². The zero-order chi connectivity index (χ0) is 24.8. The van der Waals surface area contributed by atoms with E-state index in [1.165, 1.54) is 6.92 Å². The van der Waals surface area contributed by atoms with E-state index in [2.05, 4.69) is 20.9 Å². The van der Waals surface area contributed by atoms with Crippen molar-refractivity contribution in [3.05, 3.63) is 35.9 Å². The van der Waals surface area contributed by atoms with Crippen LogP contribution in [0, 0.1) is 5.92 Å². The van der Waals surface area contributed by atoms with Crippen molar-refractivity contribution >= 4 is 30.0 Å². The number of rotatable bonds is 14. The van der Waals surface area contributed by atoms with Crippen LogP contribution in [0.5, 0.6) is 0 Å². The number of guanidine groups is 1. The Morgan fingerprint density at radius 2 is 1.64 bits per heavy atom. The van der Waals surface area contributed by atoms with Crippen LogP contribution in [0.2, 0.25) is 0 Å². The number of amides is 3. The van der Waals surface area contributed by atoms with Gasteiger partial charge < -0.3 is 32.2 Å². The molecule has 0 saturated heterocycles. The smallest absolute Gasteiger partial charge is 0.243 e. The lowest BCUT2D eigenvalue weighted by atomic mass is 10.0. The fourth-order valence-electron chi connectivity index (χ4n) is 3.26. The highest BCUT2D eigenvalue weighted by Gasteiger charge is 2.28. The van der Waals surface area contributed by atoms with Gasteiger partial charge in [-0.25, -0.2) is 0 Å². The summed E-state index contributed by atoms with van der Waals surface area (Å²) in [6, 6.07) is 6.77. The number of nitrogens with zero attached hydrogens (tertiary/aromatic N) is 1. The van der Waals surface area contributed by atoms with Gasteiger partial charge >= 0.3 is 0 Å². The second-order valence-corrected chi connectivity index (χ2v) is 8.33. The first-order valence-electron chi connectivity index (χ1n) is 11.0. The number of aliphatic imine (C=N–C) groups is 1. The quantitative estimate of drug-likeness (QED) is 0.0859. The van der Waals surface area contributed by atoms with Gasteiger partial charge in [-0.1, -0.05) is 44.2 Å². The van der Waals surface area contributed by atoms with Gasteiger partial charge in [0, 0.05) is 19.9 Å². The van der Waals surface area contributed by atoms with E-state index in [1.54, 1.807) is 0 Å². The van der Waals surface area contributed by atoms with E-state index < -0.39 is 29.9 Å². The molecule has 3 amide bonds. The molecular formula is C23H36N6O4. The van der Waals surface area contributed by atoms with E-state index in [4.69, 9.17) is 11.5 Å². The summed E-state index contributed by atoms with van der Waals surface area (Å²) in [6.45, 7) is 5.55. The zero-order valence-corrected chi connectivity index (χ0v) is 19.5. The zero-order valence-electron chi connectivity index (χ0n) is 19.5. The predicted molar refractivity (Wildman–Crippen MR) is 127 cm³/mol. The van der Waals surface area contributed by atoms with Crippen molar-refractivity contribution < 1.29 is 19.2 Å². The number of nitrogens with two attached hydrogens (primary N) is 2. The fourth-order valence-corrected chi connectivity index (χ4v) is 3.26. The summed E-state index contributed by atoms with van der Waals surface area (Å²) in [6.07, 6.45) is 2.14. The third-order valence-electron chi connectivity index (χ3n) is 4.78. The second-order valence-electron chi connectivity index (χ2n) is 8.33. The number of nitrogens with one attached hydrogen (secondary N) is 3. The maximum Gasteiger partial charge on any atom is 0.243 e. The van der Waals surface area contributed by atoms with Crippen LogP contribution in [0.1, 0.15) is 45.6 Å². The van der Waals surface area contributed by atoms with Crippen molar-refractivity contribution in [3.8, 4) is 0 Å². The molecule has 7 N–H and O–H groups in total. The average Bonchev–Trinajstić information content (AvgIpc) is 2.74. The number of hydrogen-bond donors (Lipinski definition) is 5. The van der Waals surface area contributed by atoms with Crippen molar-refractivity contribution in [2.24, 2.45) is 22.4 Å². The minimum atomic E-state index is -0.927. The normalized spacial score (nSPS) is 13.3. The molecule has 0 aromatic heterocycles. The highest BCUT2D eigenvalue weighted by molar-refractivity contribution is 5.92. The van der Waals surface area contributed by atoms with E-state index in [0.29, 0.717) is 32.1 Å². The van der Waals surface area contributed by atoms with Gasteiger partial charge in [-0.05, 0) is 30.7 Å². The molecule has 10 heteroatoms. The highest BCUT2D eigenvalue weighted by Crippen LogP contribution is 2.08. The summed E-state index contributed by atoms with van der Waals surface area (Å²) < 4.78 is 0. The molecule has 0 radical (unpaired) electrons. The molecule has 3 atom stereocenters. The van der Waals surface area contributed by atoms with Crippen LogP contribution in [0.25, 0.3) is 0 Å². The molecule has 0 fully saturated rings. The van der Waals surface area contributed by atoms with E-state index in [0.717, 1.165) is 5.56 Å². The Kier molecular flexibility index (Phi) is 12.2. The van der Waals surface area contributed by atoms with Gasteiger partial charge in [0.2, 0.25) is 17.7 Å². The summed E-state index contributed by atoms with van der Waals surface area (Å²) in [7, 11) is 0. The first kappa shape index (κ1) is 27.6. The van der Waals surface area contributed by atoms with Gasteiger partial charge in [0.05, 0.1) is 6.04 Å². The first-order chi connectivity index (χ1) is 15.6. The second kappa shape index (κ2) is 14.6. The van der Waals surface area contributed by atoms with E-state index in [9.17, 15) is 19.2 Å². The summed E-state index contributed by atoms with van der Waals surface area (Å²) in [5, 5.41) is 8.08. The van der Waals surface area contributed by atoms with Crippen molar-refractivity contribution in [2.45, 2.75) is 64.6 Å². The lowest BCUT2D eigenvalue weighted by Gasteiger charge is -2.25. The van der Waals surface area contributed by atoms with Gasteiger partial charge in [-0.2, -0.15) is 0 Å². The predicted octanol–water partition coefficient (Wildman–Crippen LogP) is 0.00200. The number of aldehydes is 1. The van der Waals surface area contributed by atoms with Crippen molar-refractivity contribution in [1.29, 1.82) is 0 Å². The molecule has 1 rings (SSSR count). The largest absolute Gasteiger partial charge is 0.370 e. The van der Waals surface area contributed by atoms with E-state index >= 15 is 0 Å². The molecule has 182 valence electrons. The summed E-state index contributed by atoms with van der Waals surface area (Å²) in [4.78, 5) is 52.9. The van der Waals surface area contributed by atoms with E-state index in [-0.39, 0.29) is 24.2 Å². The van der Waals surface area contributed by atoms with E-state index in [1.807, 2.05) is 44.2 Å². The fraction of sp³-hybridized carbons (Fsp3) is 0.522. The molecule has 10 nitrogen and oxygen atoms in total. The van der Waals surface area contributed by atoms with Crippen LogP contribution < -0.4 is 27.4 Å². The van der Waals surface area contributed by atoms with Gasteiger partial charge in [0.15, 0.2) is 5.96 Å². The van der Waals surface area contributed by atoms with Gasteiger partial charge in [0.25, 0.3) is 0 Å². The Bertz CT molecular complexity index is 808. The third kappa shape index (κ3) is 11.7. The number of benzene rings is 1. The molecule has 0 bridgehead atoms. The summed E-state index contributed by atoms with van der Waals surface area (Å²) in [5.41, 5.74) is 11.4. The van der Waals surface area contributed by atoms with Gasteiger partial charge in [-0.15, -0.1) is 0 Å². The van der Waals surface area contributed by atoms with Crippen molar-refractivity contribution in [3.63, 3.8) is 0 Å². The minimum Gasteiger partial charge on any atom is -0.370 e. The topological polar surface area (TPSA) is 169 Å². The lowest BCUT2D eigenvalue weighted by Crippen LogP contribution is -2.55. The van der Waals surface area contributed by atoms with Crippen molar-refractivity contribution in [2.75, 3.05) is 6.54 Å². The maximum absolute atomic E-state index is 13.0. The standard InChI is InChI=1S/C23H36N6O4/c1-15(2)12-19(27-16(3)31)22(33)29-20(13-17-8-5-4-6-9-17)21(32)28-18(14-30)10-7-11-26-23(24)25/h4-6,8-9,14-15,18-20H,7,10-13H2,1-3H3,(H,27,31)(H,28,32)(H,29,33)(H4,24,25,26)/t18-,19-,20-/m0/s1/i14+1. The Labute approximate surface area is 195 Å². The van der Waals surface area contributed by atoms with Crippen LogP contribution in [0.15, 0.2) is 35.3 Å². The molecule has 0 spiro atoms. The Morgan fingerprint density at radius 3 is 2.18 bits per heavy atom. The molecule has 33 heavy (non-hydrogen) atoms. The summed E-state index contributed by atoms with van der Waals surface area (Å²) in [5.74, 6) is -1.16.